The summed E-state index contributed by atoms with van der Waals surface area (Å²) in [6.45, 7) is 0. The molecule has 0 heterocycles. The van der Waals surface area contributed by atoms with Crippen molar-refractivity contribution >= 4 is 15.8 Å². The highest BCUT2D eigenvalue weighted by Crippen LogP contribution is 2.37. The molecule has 0 aromatic rings. The summed E-state index contributed by atoms with van der Waals surface area (Å²) in [7, 11) is -2.13. The van der Waals surface area contributed by atoms with E-state index in [4.69, 9.17) is 9.84 Å². The molecule has 1 fully saturated rings. The third-order valence-corrected chi connectivity index (χ3v) is 4.43. The molecule has 0 amide bonds. The van der Waals surface area contributed by atoms with Crippen molar-refractivity contribution in [3.05, 3.63) is 0 Å². The second-order valence-electron chi connectivity index (χ2n) is 3.61. The Kier molecular flexibility index (Phi) is 2.87. The monoisotopic (exact) mass is 222 g/mol. The van der Waals surface area contributed by atoms with Crippen LogP contribution in [0.5, 0.6) is 0 Å². The molecule has 0 aromatic heterocycles. The van der Waals surface area contributed by atoms with Crippen molar-refractivity contribution in [1.82, 2.24) is 0 Å². The molecule has 6 heteroatoms. The Hall–Kier alpha value is -0.620. The van der Waals surface area contributed by atoms with E-state index in [0.717, 1.165) is 6.26 Å². The Bertz CT molecular complexity index is 334. The Balaban J connectivity index is 3.14. The van der Waals surface area contributed by atoms with E-state index >= 15 is 0 Å². The summed E-state index contributed by atoms with van der Waals surface area (Å²) < 4.78 is 27.7. The average molecular weight is 222 g/mol. The molecule has 82 valence electrons. The van der Waals surface area contributed by atoms with Crippen LogP contribution in [-0.4, -0.2) is 43.7 Å². The summed E-state index contributed by atoms with van der Waals surface area (Å²) in [5.41, 5.74) is -1.53. The van der Waals surface area contributed by atoms with Crippen LogP contribution in [0, 0.1) is 0 Å². The molecule has 0 bridgehead atoms. The van der Waals surface area contributed by atoms with Gasteiger partial charge in [0.25, 0.3) is 0 Å². The number of carboxylic acids is 1. The number of aliphatic carboxylic acids is 1. The van der Waals surface area contributed by atoms with Gasteiger partial charge in [-0.25, -0.2) is 13.2 Å². The molecule has 2 unspecified atom stereocenters. The predicted octanol–water partition coefficient (Wildman–Crippen LogP) is 0.0533. The smallest absolute Gasteiger partial charge is 0.337 e. The first-order valence-electron chi connectivity index (χ1n) is 4.32. The fraction of sp³-hybridized carbons (Fsp3) is 0.875. The topological polar surface area (TPSA) is 80.7 Å². The van der Waals surface area contributed by atoms with Gasteiger partial charge in [0.1, 0.15) is 5.25 Å². The molecule has 0 aliphatic heterocycles. The summed E-state index contributed by atoms with van der Waals surface area (Å²) in [5.74, 6) is -1.19. The van der Waals surface area contributed by atoms with Crippen LogP contribution in [0.2, 0.25) is 0 Å². The minimum atomic E-state index is -3.37. The number of rotatable bonds is 3. The van der Waals surface area contributed by atoms with E-state index in [9.17, 15) is 13.2 Å². The van der Waals surface area contributed by atoms with Crippen molar-refractivity contribution in [3.63, 3.8) is 0 Å². The molecule has 5 nitrogen and oxygen atoms in total. The second-order valence-corrected chi connectivity index (χ2v) is 5.84. The van der Waals surface area contributed by atoms with E-state index in [1.54, 1.807) is 0 Å². The minimum Gasteiger partial charge on any atom is -0.479 e. The maximum Gasteiger partial charge on any atom is 0.337 e. The Morgan fingerprint density at radius 1 is 1.57 bits per heavy atom. The van der Waals surface area contributed by atoms with Crippen molar-refractivity contribution in [2.45, 2.75) is 30.1 Å². The summed E-state index contributed by atoms with van der Waals surface area (Å²) in [6.07, 6.45) is 2.24. The average Bonchev–Trinajstić information content (AvgIpc) is 2.47. The van der Waals surface area contributed by atoms with Crippen molar-refractivity contribution in [2.24, 2.45) is 0 Å². The summed E-state index contributed by atoms with van der Waals surface area (Å²) >= 11 is 0. The highest BCUT2D eigenvalue weighted by Gasteiger charge is 2.54. The van der Waals surface area contributed by atoms with Crippen LogP contribution >= 0.6 is 0 Å². The van der Waals surface area contributed by atoms with Gasteiger partial charge in [0.2, 0.25) is 0 Å². The lowest BCUT2D eigenvalue weighted by Gasteiger charge is -2.28. The first kappa shape index (κ1) is 11.5. The lowest BCUT2D eigenvalue weighted by Crippen LogP contribution is -2.50. The maximum atomic E-state index is 11.4. The van der Waals surface area contributed by atoms with Crippen LogP contribution in [-0.2, 0) is 19.4 Å². The zero-order chi connectivity index (χ0) is 11.0. The highest BCUT2D eigenvalue weighted by atomic mass is 32.2. The molecular weight excluding hydrogens is 208 g/mol. The molecule has 14 heavy (non-hydrogen) atoms. The number of carboxylic acid groups (broad SMARTS) is 1. The van der Waals surface area contributed by atoms with Crippen LogP contribution in [0.1, 0.15) is 19.3 Å². The van der Waals surface area contributed by atoms with Crippen LogP contribution in [0.25, 0.3) is 0 Å². The van der Waals surface area contributed by atoms with Crippen molar-refractivity contribution in [3.8, 4) is 0 Å². The lowest BCUT2D eigenvalue weighted by atomic mass is 10.0. The van der Waals surface area contributed by atoms with Gasteiger partial charge in [0, 0.05) is 13.4 Å². The Morgan fingerprint density at radius 3 is 2.43 bits per heavy atom. The lowest BCUT2D eigenvalue weighted by molar-refractivity contribution is -0.160. The first-order valence-corrected chi connectivity index (χ1v) is 6.27. The second kappa shape index (κ2) is 3.51. The number of hydrogen-bond acceptors (Lipinski definition) is 4. The Labute approximate surface area is 83.0 Å². The van der Waals surface area contributed by atoms with Gasteiger partial charge in [0.05, 0.1) is 0 Å². The van der Waals surface area contributed by atoms with E-state index in [0.29, 0.717) is 12.8 Å². The van der Waals surface area contributed by atoms with Gasteiger partial charge in [-0.05, 0) is 19.3 Å². The molecule has 0 saturated heterocycles. The Morgan fingerprint density at radius 2 is 2.14 bits per heavy atom. The maximum absolute atomic E-state index is 11.4. The van der Waals surface area contributed by atoms with Crippen molar-refractivity contribution in [2.75, 3.05) is 13.4 Å². The van der Waals surface area contributed by atoms with Gasteiger partial charge in [-0.1, -0.05) is 0 Å². The number of hydrogen-bond donors (Lipinski definition) is 1. The summed E-state index contributed by atoms with van der Waals surface area (Å²) in [6, 6.07) is 0. The predicted molar refractivity (Wildman–Crippen MR) is 49.9 cm³/mol. The minimum absolute atomic E-state index is 0.260. The van der Waals surface area contributed by atoms with Gasteiger partial charge >= 0.3 is 5.97 Å². The van der Waals surface area contributed by atoms with E-state index < -0.39 is 26.7 Å². The zero-order valence-electron chi connectivity index (χ0n) is 8.19. The van der Waals surface area contributed by atoms with Gasteiger partial charge < -0.3 is 9.84 Å². The van der Waals surface area contributed by atoms with E-state index in [1.165, 1.54) is 7.11 Å². The van der Waals surface area contributed by atoms with Gasteiger partial charge in [0.15, 0.2) is 15.4 Å². The third-order valence-electron chi connectivity index (χ3n) is 2.78. The van der Waals surface area contributed by atoms with Gasteiger partial charge in [-0.3, -0.25) is 0 Å². The quantitative estimate of drug-likeness (QED) is 0.730. The van der Waals surface area contributed by atoms with Crippen LogP contribution < -0.4 is 0 Å². The summed E-state index contributed by atoms with van der Waals surface area (Å²) in [5, 5.41) is 8.09. The molecule has 1 aliphatic carbocycles. The van der Waals surface area contributed by atoms with E-state index in [1.807, 2.05) is 0 Å². The fourth-order valence-electron chi connectivity index (χ4n) is 2.07. The molecule has 1 saturated carbocycles. The van der Waals surface area contributed by atoms with Crippen molar-refractivity contribution < 1.29 is 23.1 Å². The van der Waals surface area contributed by atoms with E-state index in [-0.39, 0.29) is 6.42 Å². The van der Waals surface area contributed by atoms with Crippen LogP contribution in [0.4, 0.5) is 0 Å². The molecule has 0 aromatic carbocycles. The molecule has 1 rings (SSSR count). The van der Waals surface area contributed by atoms with Crippen LogP contribution in [0.3, 0.4) is 0 Å². The molecule has 0 radical (unpaired) electrons. The van der Waals surface area contributed by atoms with Gasteiger partial charge in [-0.2, -0.15) is 0 Å². The van der Waals surface area contributed by atoms with Crippen LogP contribution in [0.15, 0.2) is 0 Å². The highest BCUT2D eigenvalue weighted by molar-refractivity contribution is 7.91. The number of carbonyl (C=O) groups is 1. The standard InChI is InChI=1S/C8H14O5S/c1-13-8(7(9)10)5-3-4-6(8)14(2,11)12/h6H,3-5H2,1-2H3,(H,9,10). The molecular formula is C8H14O5S. The zero-order valence-corrected chi connectivity index (χ0v) is 9.00. The number of methoxy groups -OCH3 is 1. The fourth-order valence-corrected chi connectivity index (χ4v) is 3.67. The molecule has 1 N–H and O–H groups in total. The van der Waals surface area contributed by atoms with Crippen molar-refractivity contribution in [1.29, 1.82) is 0 Å². The normalized spacial score (nSPS) is 33.1. The van der Waals surface area contributed by atoms with Gasteiger partial charge in [-0.15, -0.1) is 0 Å². The molecule has 1 aliphatic rings. The SMILES string of the molecule is COC1(C(=O)O)CCCC1S(C)(=O)=O. The number of sulfone groups is 1. The molecule has 0 spiro atoms. The number of ether oxygens (including phenoxy) is 1. The third kappa shape index (κ3) is 1.64. The van der Waals surface area contributed by atoms with E-state index in [2.05, 4.69) is 0 Å². The molecule has 2 atom stereocenters. The summed E-state index contributed by atoms with van der Waals surface area (Å²) in [4.78, 5) is 11.0. The first-order chi connectivity index (χ1) is 6.34. The largest absolute Gasteiger partial charge is 0.479 e.